The Bertz CT molecular complexity index is 1260. The van der Waals surface area contributed by atoms with Crippen molar-refractivity contribution in [2.75, 3.05) is 13.7 Å². The molecule has 1 aliphatic rings. The second kappa shape index (κ2) is 10.2. The number of carboxylic acids is 1. The third-order valence-electron chi connectivity index (χ3n) is 5.66. The Morgan fingerprint density at radius 2 is 2.00 bits per heavy atom. The molecule has 0 spiro atoms. The van der Waals surface area contributed by atoms with Crippen LogP contribution >= 0.6 is 15.9 Å². The van der Waals surface area contributed by atoms with Gasteiger partial charge in [-0.15, -0.1) is 0 Å². The number of fused-ring (bicyclic) bond motifs is 1. The minimum absolute atomic E-state index is 0.179. The first-order valence-electron chi connectivity index (χ1n) is 10.8. The van der Waals surface area contributed by atoms with Crippen molar-refractivity contribution in [2.24, 2.45) is 5.10 Å². The first-order chi connectivity index (χ1) is 16.0. The topological polar surface area (TPSA) is 103 Å². The van der Waals surface area contributed by atoms with E-state index in [1.54, 1.807) is 30.5 Å². The molecule has 0 atom stereocenters. The van der Waals surface area contributed by atoms with Crippen molar-refractivity contribution >= 4 is 39.0 Å². The highest BCUT2D eigenvalue weighted by Crippen LogP contribution is 2.32. The first kappa shape index (κ1) is 23.0. The molecule has 1 saturated carbocycles. The molecule has 2 aromatic carbocycles. The quantitative estimate of drug-likeness (QED) is 0.464. The molecule has 1 fully saturated rings. The lowest BCUT2D eigenvalue weighted by atomic mass is 9.88. The van der Waals surface area contributed by atoms with Gasteiger partial charge in [0, 0.05) is 10.4 Å². The summed E-state index contributed by atoms with van der Waals surface area (Å²) < 4.78 is 12.8. The van der Waals surface area contributed by atoms with Crippen LogP contribution in [0.3, 0.4) is 0 Å². The highest BCUT2D eigenvalue weighted by Gasteiger charge is 2.22. The van der Waals surface area contributed by atoms with E-state index in [2.05, 4.69) is 21.0 Å². The summed E-state index contributed by atoms with van der Waals surface area (Å²) in [6, 6.07) is 10.5. The van der Waals surface area contributed by atoms with Crippen LogP contribution in [0.25, 0.3) is 10.9 Å². The van der Waals surface area contributed by atoms with E-state index in [0.717, 1.165) is 30.2 Å². The monoisotopic (exact) mass is 513 g/mol. The van der Waals surface area contributed by atoms with Gasteiger partial charge in [-0.1, -0.05) is 35.2 Å². The molecule has 1 aliphatic carbocycles. The van der Waals surface area contributed by atoms with Crippen LogP contribution in [-0.2, 0) is 4.79 Å². The van der Waals surface area contributed by atoms with Crippen LogP contribution in [0.15, 0.2) is 50.8 Å². The van der Waals surface area contributed by atoms with Gasteiger partial charge in [0.2, 0.25) is 0 Å². The molecule has 8 nitrogen and oxygen atoms in total. The number of nitrogens with zero attached hydrogens (tertiary/aromatic N) is 3. The number of carboxylic acid groups (broad SMARTS) is 1. The third-order valence-corrected chi connectivity index (χ3v) is 6.16. The predicted octanol–water partition coefficient (Wildman–Crippen LogP) is 4.56. The van der Waals surface area contributed by atoms with Crippen LogP contribution in [0.5, 0.6) is 11.5 Å². The molecular formula is C24H24BrN3O5. The smallest absolute Gasteiger partial charge is 0.341 e. The third kappa shape index (κ3) is 5.24. The molecular weight excluding hydrogens is 490 g/mol. The van der Waals surface area contributed by atoms with E-state index in [1.165, 1.54) is 18.2 Å². The van der Waals surface area contributed by atoms with Gasteiger partial charge in [0.1, 0.15) is 5.82 Å². The van der Waals surface area contributed by atoms with Crippen LogP contribution in [-0.4, -0.2) is 40.7 Å². The number of aromatic nitrogens is 2. The number of aliphatic carboxylic acids is 1. The fourth-order valence-corrected chi connectivity index (χ4v) is 4.41. The van der Waals surface area contributed by atoms with Gasteiger partial charge in [-0.05, 0) is 54.8 Å². The molecule has 0 radical (unpaired) electrons. The molecule has 33 heavy (non-hydrogen) atoms. The number of carbonyl (C=O) groups is 1. The number of hydrogen-bond donors (Lipinski definition) is 1. The van der Waals surface area contributed by atoms with Crippen molar-refractivity contribution in [1.29, 1.82) is 0 Å². The lowest BCUT2D eigenvalue weighted by Gasteiger charge is -2.22. The predicted molar refractivity (Wildman–Crippen MR) is 129 cm³/mol. The highest BCUT2D eigenvalue weighted by atomic mass is 79.9. The summed E-state index contributed by atoms with van der Waals surface area (Å²) in [5, 5.41) is 13.8. The van der Waals surface area contributed by atoms with Gasteiger partial charge in [-0.25, -0.2) is 9.78 Å². The minimum Gasteiger partial charge on any atom is -0.493 e. The average molecular weight is 514 g/mol. The zero-order valence-electron chi connectivity index (χ0n) is 18.2. The van der Waals surface area contributed by atoms with Crippen LogP contribution in [0.1, 0.15) is 49.4 Å². The molecule has 9 heteroatoms. The summed E-state index contributed by atoms with van der Waals surface area (Å²) in [5.41, 5.74) is 1.12. The van der Waals surface area contributed by atoms with E-state index < -0.39 is 12.6 Å². The van der Waals surface area contributed by atoms with Crippen LogP contribution in [0.2, 0.25) is 0 Å². The molecule has 4 rings (SSSR count). The summed E-state index contributed by atoms with van der Waals surface area (Å²) in [5.74, 6) is 0.472. The van der Waals surface area contributed by atoms with Gasteiger partial charge in [0.05, 0.1) is 24.2 Å². The Morgan fingerprint density at radius 1 is 1.21 bits per heavy atom. The largest absolute Gasteiger partial charge is 0.493 e. The van der Waals surface area contributed by atoms with Crippen molar-refractivity contribution in [3.05, 3.63) is 62.6 Å². The van der Waals surface area contributed by atoms with E-state index in [9.17, 15) is 9.59 Å². The molecule has 172 valence electrons. The van der Waals surface area contributed by atoms with Gasteiger partial charge in [0.15, 0.2) is 18.1 Å². The molecule has 0 aliphatic heterocycles. The maximum absolute atomic E-state index is 13.4. The standard InChI is InChI=1S/C24H24BrN3O5/c1-32-21-11-15(7-10-20(21)33-14-22(29)30)13-26-28-23(16-5-3-2-4-6-16)27-19-9-8-17(25)12-18(19)24(28)31/h7-13,16H,2-6,14H2,1H3,(H,29,30). The SMILES string of the molecule is COc1cc(C=Nn2c(C3CCCCC3)nc3ccc(Br)cc3c2=O)ccc1OCC(=O)O. The fraction of sp³-hybridized carbons (Fsp3) is 0.333. The maximum atomic E-state index is 13.4. The Morgan fingerprint density at radius 3 is 2.73 bits per heavy atom. The zero-order valence-corrected chi connectivity index (χ0v) is 19.7. The summed E-state index contributed by atoms with van der Waals surface area (Å²) in [4.78, 5) is 29.0. The molecule has 0 unspecified atom stereocenters. The Balaban J connectivity index is 1.74. The number of ether oxygens (including phenoxy) is 2. The Labute approximate surface area is 199 Å². The van der Waals surface area contributed by atoms with Crippen molar-refractivity contribution < 1.29 is 19.4 Å². The van der Waals surface area contributed by atoms with E-state index in [0.29, 0.717) is 33.8 Å². The molecule has 0 amide bonds. The molecule has 3 aromatic rings. The number of rotatable bonds is 7. The number of methoxy groups -OCH3 is 1. The van der Waals surface area contributed by atoms with Crippen molar-refractivity contribution in [2.45, 2.75) is 38.0 Å². The normalized spacial score (nSPS) is 14.6. The van der Waals surface area contributed by atoms with Gasteiger partial charge >= 0.3 is 5.97 Å². The second-order valence-electron chi connectivity index (χ2n) is 7.92. The van der Waals surface area contributed by atoms with E-state index >= 15 is 0 Å². The van der Waals surface area contributed by atoms with E-state index in [4.69, 9.17) is 19.6 Å². The van der Waals surface area contributed by atoms with E-state index in [1.807, 2.05) is 12.1 Å². The maximum Gasteiger partial charge on any atom is 0.341 e. The minimum atomic E-state index is -1.08. The van der Waals surface area contributed by atoms with Crippen LogP contribution in [0.4, 0.5) is 0 Å². The Kier molecular flexibility index (Phi) is 7.08. The lowest BCUT2D eigenvalue weighted by molar-refractivity contribution is -0.139. The summed E-state index contributed by atoms with van der Waals surface area (Å²) >= 11 is 3.43. The molecule has 1 aromatic heterocycles. The summed E-state index contributed by atoms with van der Waals surface area (Å²) in [6.45, 7) is -0.470. The Hall–Kier alpha value is -3.20. The van der Waals surface area contributed by atoms with E-state index in [-0.39, 0.29) is 11.5 Å². The lowest BCUT2D eigenvalue weighted by Crippen LogP contribution is -2.25. The van der Waals surface area contributed by atoms with Crippen molar-refractivity contribution in [3.8, 4) is 11.5 Å². The van der Waals surface area contributed by atoms with Crippen molar-refractivity contribution in [3.63, 3.8) is 0 Å². The van der Waals surface area contributed by atoms with Gasteiger partial charge in [0.25, 0.3) is 5.56 Å². The second-order valence-corrected chi connectivity index (χ2v) is 8.84. The summed E-state index contributed by atoms with van der Waals surface area (Å²) in [6.07, 6.45) is 6.94. The van der Waals surface area contributed by atoms with Crippen LogP contribution < -0.4 is 15.0 Å². The van der Waals surface area contributed by atoms with Gasteiger partial charge in [-0.3, -0.25) is 4.79 Å². The molecule has 0 saturated heterocycles. The van der Waals surface area contributed by atoms with Gasteiger partial charge in [-0.2, -0.15) is 9.78 Å². The number of hydrogen-bond acceptors (Lipinski definition) is 6. The molecule has 0 bridgehead atoms. The van der Waals surface area contributed by atoms with Crippen LogP contribution in [0, 0.1) is 0 Å². The fourth-order valence-electron chi connectivity index (χ4n) is 4.05. The summed E-state index contributed by atoms with van der Waals surface area (Å²) in [7, 11) is 1.47. The average Bonchev–Trinajstić information content (AvgIpc) is 2.83. The molecule has 1 N–H and O–H groups in total. The zero-order chi connectivity index (χ0) is 23.4. The van der Waals surface area contributed by atoms with Crippen molar-refractivity contribution in [1.82, 2.24) is 9.66 Å². The molecule has 1 heterocycles. The highest BCUT2D eigenvalue weighted by molar-refractivity contribution is 9.10. The number of halogens is 1. The first-order valence-corrected chi connectivity index (χ1v) is 11.5. The van der Waals surface area contributed by atoms with Gasteiger partial charge < -0.3 is 14.6 Å². The number of benzene rings is 2.